The summed E-state index contributed by atoms with van der Waals surface area (Å²) in [5, 5.41) is 17.4. The van der Waals surface area contributed by atoms with E-state index in [2.05, 4.69) is 17.2 Å². The molecule has 6 rings (SSSR count). The fraction of sp³-hybridized carbons (Fsp3) is 0.467. The van der Waals surface area contributed by atoms with Crippen molar-refractivity contribution in [2.75, 3.05) is 23.0 Å². The average molecular weight is 530 g/mol. The molecule has 1 N–H and O–H groups in total. The van der Waals surface area contributed by atoms with Crippen molar-refractivity contribution in [3.05, 3.63) is 71.5 Å². The van der Waals surface area contributed by atoms with Crippen LogP contribution in [0.15, 0.2) is 54.7 Å². The van der Waals surface area contributed by atoms with E-state index < -0.39 is 5.60 Å². The Kier molecular flexibility index (Phi) is 6.95. The van der Waals surface area contributed by atoms with Crippen molar-refractivity contribution in [1.29, 1.82) is 0 Å². The molecule has 2 fully saturated rings. The van der Waals surface area contributed by atoms with Gasteiger partial charge in [0.15, 0.2) is 5.60 Å². The number of benzene rings is 2. The smallest absolute Gasteiger partial charge is 0.264 e. The molecular formula is C30H35N5O4. The summed E-state index contributed by atoms with van der Waals surface area (Å²) >= 11 is 0. The van der Waals surface area contributed by atoms with E-state index in [0.717, 1.165) is 47.5 Å². The molecule has 4 heterocycles. The first-order chi connectivity index (χ1) is 19.0. The van der Waals surface area contributed by atoms with Gasteiger partial charge in [-0.25, -0.2) is 0 Å². The summed E-state index contributed by atoms with van der Waals surface area (Å²) < 4.78 is 8.55. The molecule has 1 spiro atoms. The van der Waals surface area contributed by atoms with E-state index in [-0.39, 0.29) is 30.4 Å². The first-order valence-corrected chi connectivity index (χ1v) is 14.0. The van der Waals surface area contributed by atoms with Gasteiger partial charge in [0.25, 0.3) is 5.91 Å². The van der Waals surface area contributed by atoms with Crippen LogP contribution < -0.4 is 9.80 Å². The number of fused-ring (bicyclic) bond motifs is 2. The molecular weight excluding hydrogens is 494 g/mol. The first-order valence-electron chi connectivity index (χ1n) is 14.0. The zero-order valence-corrected chi connectivity index (χ0v) is 22.3. The van der Waals surface area contributed by atoms with E-state index >= 15 is 0 Å². The lowest BCUT2D eigenvalue weighted by Gasteiger charge is -2.30. The summed E-state index contributed by atoms with van der Waals surface area (Å²) in [6, 6.07) is 16.0. The lowest BCUT2D eigenvalue weighted by atomic mass is 9.82. The number of nitrogens with zero attached hydrogens (tertiary/aromatic N) is 5. The minimum atomic E-state index is -1.09. The second-order valence-electron chi connectivity index (χ2n) is 10.9. The highest BCUT2D eigenvalue weighted by Gasteiger charge is 2.60. The molecule has 0 unspecified atom stereocenters. The number of amides is 2. The van der Waals surface area contributed by atoms with Gasteiger partial charge in [-0.3, -0.25) is 14.3 Å². The zero-order chi connectivity index (χ0) is 27.0. The van der Waals surface area contributed by atoms with Gasteiger partial charge in [0.05, 0.1) is 24.0 Å². The van der Waals surface area contributed by atoms with Crippen LogP contribution in [0.4, 0.5) is 11.4 Å². The van der Waals surface area contributed by atoms with Crippen LogP contribution in [0, 0.1) is 5.92 Å². The summed E-state index contributed by atoms with van der Waals surface area (Å²) in [6.07, 6.45) is 6.09. The van der Waals surface area contributed by atoms with Crippen LogP contribution in [-0.4, -0.2) is 51.2 Å². The molecule has 2 aromatic carbocycles. The van der Waals surface area contributed by atoms with Crippen molar-refractivity contribution >= 4 is 23.2 Å². The van der Waals surface area contributed by atoms with E-state index in [1.165, 1.54) is 0 Å². The molecule has 0 aliphatic carbocycles. The Bertz CT molecular complexity index is 1360. The Hall–Kier alpha value is -3.56. The molecule has 1 aromatic heterocycles. The largest absolute Gasteiger partial charge is 0.396 e. The standard InChI is InChI=1S/C30H35N5O4/c1-21-17-25(12-15-33-20-23(13-16-36)31-32-33)39-30(21)26-18-24(34-14-6-5-9-28(34)37)10-11-27(26)35(29(30)38)19-22-7-3-2-4-8-22/h2-4,7-8,10-11,18,20-21,25,36H,5-6,9,12-17,19H2,1H3/t21-,25+,30+/m1/s1. The predicted molar refractivity (Wildman–Crippen MR) is 146 cm³/mol. The monoisotopic (exact) mass is 529 g/mol. The number of carbonyl (C=O) groups excluding carboxylic acids is 2. The fourth-order valence-corrected chi connectivity index (χ4v) is 6.36. The van der Waals surface area contributed by atoms with E-state index in [1.807, 2.05) is 64.5 Å². The van der Waals surface area contributed by atoms with Crippen LogP contribution in [-0.2, 0) is 39.4 Å². The van der Waals surface area contributed by atoms with Crippen molar-refractivity contribution < 1.29 is 19.4 Å². The Morgan fingerprint density at radius 2 is 1.97 bits per heavy atom. The molecule has 9 nitrogen and oxygen atoms in total. The van der Waals surface area contributed by atoms with Crippen LogP contribution in [0.25, 0.3) is 0 Å². The van der Waals surface area contributed by atoms with E-state index in [0.29, 0.717) is 38.9 Å². The van der Waals surface area contributed by atoms with Crippen molar-refractivity contribution in [3.8, 4) is 0 Å². The maximum Gasteiger partial charge on any atom is 0.264 e. The van der Waals surface area contributed by atoms with E-state index in [4.69, 9.17) is 9.84 Å². The Morgan fingerprint density at radius 3 is 2.77 bits per heavy atom. The average Bonchev–Trinajstić information content (AvgIpc) is 3.60. The predicted octanol–water partition coefficient (Wildman–Crippen LogP) is 3.59. The Balaban J connectivity index is 1.31. The lowest BCUT2D eigenvalue weighted by molar-refractivity contribution is -0.146. The zero-order valence-electron chi connectivity index (χ0n) is 22.3. The number of aliphatic hydroxyl groups is 1. The summed E-state index contributed by atoms with van der Waals surface area (Å²) in [4.78, 5) is 30.8. The number of piperidine rings is 1. The van der Waals surface area contributed by atoms with Gasteiger partial charge in [0, 0.05) is 55.9 Å². The van der Waals surface area contributed by atoms with Crippen LogP contribution in [0.3, 0.4) is 0 Å². The third kappa shape index (κ3) is 4.63. The van der Waals surface area contributed by atoms with Gasteiger partial charge < -0.3 is 19.6 Å². The maximum atomic E-state index is 14.3. The molecule has 0 bridgehead atoms. The molecule has 204 valence electrons. The number of aryl methyl sites for hydroxylation is 1. The minimum Gasteiger partial charge on any atom is -0.396 e. The normalized spacial score (nSPS) is 24.7. The van der Waals surface area contributed by atoms with Gasteiger partial charge in [-0.05, 0) is 49.4 Å². The molecule has 3 aromatic rings. The first kappa shape index (κ1) is 25.7. The second-order valence-corrected chi connectivity index (χ2v) is 10.9. The number of hydrogen-bond donors (Lipinski definition) is 1. The van der Waals surface area contributed by atoms with Crippen molar-refractivity contribution in [2.45, 2.75) is 70.2 Å². The number of carbonyl (C=O) groups is 2. The molecule has 3 aliphatic heterocycles. The molecule has 2 saturated heterocycles. The summed E-state index contributed by atoms with van der Waals surface area (Å²) in [5.41, 5.74) is 3.27. The number of rotatable bonds is 8. The van der Waals surface area contributed by atoms with Gasteiger partial charge >= 0.3 is 0 Å². The lowest BCUT2D eigenvalue weighted by Crippen LogP contribution is -2.43. The van der Waals surface area contributed by atoms with Crippen molar-refractivity contribution in [3.63, 3.8) is 0 Å². The number of aliphatic hydroxyl groups excluding tert-OH is 1. The second kappa shape index (κ2) is 10.5. The van der Waals surface area contributed by atoms with Gasteiger partial charge in [0.1, 0.15) is 0 Å². The van der Waals surface area contributed by atoms with E-state index in [9.17, 15) is 9.59 Å². The molecule has 0 saturated carbocycles. The molecule has 2 amide bonds. The quantitative estimate of drug-likeness (QED) is 0.479. The molecule has 9 heteroatoms. The summed E-state index contributed by atoms with van der Waals surface area (Å²) in [6.45, 7) is 3.91. The highest BCUT2D eigenvalue weighted by atomic mass is 16.5. The van der Waals surface area contributed by atoms with Gasteiger partial charge in [-0.1, -0.05) is 42.5 Å². The molecule has 3 aliphatic rings. The Morgan fingerprint density at radius 1 is 1.13 bits per heavy atom. The van der Waals surface area contributed by atoms with Gasteiger partial charge in [-0.2, -0.15) is 0 Å². The molecule has 3 atom stereocenters. The van der Waals surface area contributed by atoms with Crippen molar-refractivity contribution in [1.82, 2.24) is 15.0 Å². The Labute approximate surface area is 228 Å². The number of hydrogen-bond acceptors (Lipinski definition) is 6. The molecule has 39 heavy (non-hydrogen) atoms. The summed E-state index contributed by atoms with van der Waals surface area (Å²) in [7, 11) is 0. The SMILES string of the molecule is C[C@@H]1C[C@H](CCn2cc(CCO)nn2)O[C@@]12C(=O)N(Cc1ccccc1)c1ccc(N3CCCCC3=O)cc12. The number of ether oxygens (including phenoxy) is 1. The number of anilines is 2. The van der Waals surface area contributed by atoms with Crippen LogP contribution >= 0.6 is 0 Å². The fourth-order valence-electron chi connectivity index (χ4n) is 6.36. The van der Waals surface area contributed by atoms with Crippen LogP contribution in [0.2, 0.25) is 0 Å². The van der Waals surface area contributed by atoms with Crippen LogP contribution in [0.1, 0.15) is 55.8 Å². The van der Waals surface area contributed by atoms with Crippen molar-refractivity contribution in [2.24, 2.45) is 5.92 Å². The third-order valence-electron chi connectivity index (χ3n) is 8.35. The molecule has 0 radical (unpaired) electrons. The summed E-state index contributed by atoms with van der Waals surface area (Å²) in [5.74, 6) is 0.0550. The highest BCUT2D eigenvalue weighted by molar-refractivity contribution is 6.08. The maximum absolute atomic E-state index is 14.3. The third-order valence-corrected chi connectivity index (χ3v) is 8.35. The number of aromatic nitrogens is 3. The van der Waals surface area contributed by atoms with Crippen LogP contribution in [0.5, 0.6) is 0 Å². The highest BCUT2D eigenvalue weighted by Crippen LogP contribution is 2.54. The van der Waals surface area contributed by atoms with Gasteiger partial charge in [0.2, 0.25) is 5.91 Å². The topological polar surface area (TPSA) is 101 Å². The van der Waals surface area contributed by atoms with Gasteiger partial charge in [-0.15, -0.1) is 5.10 Å². The van der Waals surface area contributed by atoms with E-state index in [1.54, 1.807) is 4.68 Å². The minimum absolute atomic E-state index is 0.0375.